The fourth-order valence-corrected chi connectivity index (χ4v) is 3.71. The molecule has 1 saturated heterocycles. The second-order valence-corrected chi connectivity index (χ2v) is 7.35. The minimum absolute atomic E-state index is 0.443. The van der Waals surface area contributed by atoms with Gasteiger partial charge in [0, 0.05) is 42.2 Å². The maximum Gasteiger partial charge on any atom is 0.416 e. The Hall–Kier alpha value is -2.67. The van der Waals surface area contributed by atoms with E-state index in [1.165, 1.54) is 24.8 Å². The summed E-state index contributed by atoms with van der Waals surface area (Å²) < 4.78 is 38.8. The molecule has 1 aliphatic rings. The van der Waals surface area contributed by atoms with Gasteiger partial charge in [-0.1, -0.05) is 23.7 Å². The number of pyridine rings is 1. The number of piperidine rings is 1. The van der Waals surface area contributed by atoms with Crippen molar-refractivity contribution in [1.29, 1.82) is 0 Å². The SMILES string of the molecule is FC(F)(F)c1ccc(-c2nnc(N3CCCCC3)cc2-c2ccncc2Cl)cc1. The van der Waals surface area contributed by atoms with Crippen LogP contribution in [0.3, 0.4) is 0 Å². The van der Waals surface area contributed by atoms with E-state index in [-0.39, 0.29) is 0 Å². The van der Waals surface area contributed by atoms with Gasteiger partial charge in [0.15, 0.2) is 5.82 Å². The number of rotatable bonds is 3. The fourth-order valence-electron chi connectivity index (χ4n) is 3.49. The molecule has 3 heterocycles. The number of hydrogen-bond acceptors (Lipinski definition) is 4. The summed E-state index contributed by atoms with van der Waals surface area (Å²) in [5.74, 6) is 0.739. The maximum atomic E-state index is 12.9. The molecule has 0 bridgehead atoms. The second-order valence-electron chi connectivity index (χ2n) is 6.94. The number of hydrogen-bond donors (Lipinski definition) is 0. The number of halogens is 4. The molecule has 0 atom stereocenters. The van der Waals surface area contributed by atoms with Crippen LogP contribution < -0.4 is 4.90 Å². The molecule has 0 amide bonds. The first-order valence-electron chi connectivity index (χ1n) is 9.34. The van der Waals surface area contributed by atoms with E-state index in [0.29, 0.717) is 27.4 Å². The lowest BCUT2D eigenvalue weighted by Gasteiger charge is -2.28. The molecule has 4 nitrogen and oxygen atoms in total. The summed E-state index contributed by atoms with van der Waals surface area (Å²) in [6.45, 7) is 1.80. The lowest BCUT2D eigenvalue weighted by molar-refractivity contribution is -0.137. The number of nitrogens with zero attached hydrogens (tertiary/aromatic N) is 4. The minimum atomic E-state index is -4.39. The highest BCUT2D eigenvalue weighted by molar-refractivity contribution is 6.33. The molecular formula is C21H18ClF3N4. The van der Waals surface area contributed by atoms with Gasteiger partial charge in [-0.05, 0) is 43.5 Å². The van der Waals surface area contributed by atoms with E-state index in [2.05, 4.69) is 20.1 Å². The largest absolute Gasteiger partial charge is 0.416 e. The molecule has 8 heteroatoms. The molecule has 1 aromatic carbocycles. The Morgan fingerprint density at radius 2 is 1.62 bits per heavy atom. The third kappa shape index (κ3) is 4.19. The molecular weight excluding hydrogens is 401 g/mol. The van der Waals surface area contributed by atoms with Gasteiger partial charge in [-0.2, -0.15) is 13.2 Å². The quantitative estimate of drug-likeness (QED) is 0.533. The number of anilines is 1. The first-order chi connectivity index (χ1) is 13.9. The number of benzene rings is 1. The lowest BCUT2D eigenvalue weighted by atomic mass is 9.99. The summed E-state index contributed by atoms with van der Waals surface area (Å²) >= 11 is 6.37. The highest BCUT2D eigenvalue weighted by atomic mass is 35.5. The number of alkyl halides is 3. The average Bonchev–Trinajstić information content (AvgIpc) is 2.74. The maximum absolute atomic E-state index is 12.9. The van der Waals surface area contributed by atoms with Crippen molar-refractivity contribution in [3.05, 3.63) is 59.4 Å². The zero-order valence-corrected chi connectivity index (χ0v) is 16.2. The second kappa shape index (κ2) is 7.99. The predicted octanol–water partition coefficient (Wildman–Crippen LogP) is 5.87. The van der Waals surface area contributed by atoms with Crippen molar-refractivity contribution < 1.29 is 13.2 Å². The van der Waals surface area contributed by atoms with Crippen molar-refractivity contribution in [2.24, 2.45) is 0 Å². The Balaban J connectivity index is 1.81. The Labute approximate surface area is 171 Å². The molecule has 150 valence electrons. The molecule has 29 heavy (non-hydrogen) atoms. The van der Waals surface area contributed by atoms with Gasteiger partial charge in [0.05, 0.1) is 10.6 Å². The summed E-state index contributed by atoms with van der Waals surface area (Å²) in [6.07, 6.45) is 2.14. The van der Waals surface area contributed by atoms with Gasteiger partial charge in [-0.25, -0.2) is 0 Å². The van der Waals surface area contributed by atoms with Crippen LogP contribution in [0.5, 0.6) is 0 Å². The molecule has 1 aliphatic heterocycles. The standard InChI is InChI=1S/C21H18ClF3N4/c22-18-13-26-9-8-16(18)17-12-19(29-10-2-1-3-11-29)27-28-20(17)14-4-6-15(7-5-14)21(23,24)25/h4-9,12-13H,1-3,10-11H2. The topological polar surface area (TPSA) is 41.9 Å². The van der Waals surface area contributed by atoms with Crippen LogP contribution in [-0.4, -0.2) is 28.3 Å². The number of aromatic nitrogens is 3. The zero-order chi connectivity index (χ0) is 20.4. The Kier molecular flexibility index (Phi) is 5.41. The summed E-state index contributed by atoms with van der Waals surface area (Å²) in [5, 5.41) is 9.19. The van der Waals surface area contributed by atoms with Gasteiger partial charge in [0.1, 0.15) is 5.69 Å². The molecule has 0 radical (unpaired) electrons. The van der Waals surface area contributed by atoms with Crippen LogP contribution in [0.25, 0.3) is 22.4 Å². The molecule has 3 aromatic rings. The molecule has 1 fully saturated rings. The summed E-state index contributed by atoms with van der Waals surface area (Å²) in [4.78, 5) is 6.19. The van der Waals surface area contributed by atoms with E-state index >= 15 is 0 Å². The van der Waals surface area contributed by atoms with Gasteiger partial charge in [0.2, 0.25) is 0 Å². The van der Waals surface area contributed by atoms with Crippen molar-refractivity contribution in [2.45, 2.75) is 25.4 Å². The smallest absolute Gasteiger partial charge is 0.355 e. The Bertz CT molecular complexity index is 1000. The molecule has 0 aliphatic carbocycles. The van der Waals surface area contributed by atoms with Crippen molar-refractivity contribution in [1.82, 2.24) is 15.2 Å². The third-order valence-corrected chi connectivity index (χ3v) is 5.31. The summed E-state index contributed by atoms with van der Waals surface area (Å²) in [7, 11) is 0. The molecule has 0 unspecified atom stereocenters. The summed E-state index contributed by atoms with van der Waals surface area (Å²) in [6, 6.07) is 8.60. The Morgan fingerprint density at radius 3 is 2.28 bits per heavy atom. The predicted molar refractivity (Wildman–Crippen MR) is 107 cm³/mol. The van der Waals surface area contributed by atoms with Crippen LogP contribution >= 0.6 is 11.6 Å². The monoisotopic (exact) mass is 418 g/mol. The van der Waals surface area contributed by atoms with Gasteiger partial charge < -0.3 is 4.90 Å². The van der Waals surface area contributed by atoms with Gasteiger partial charge in [0.25, 0.3) is 0 Å². The third-order valence-electron chi connectivity index (χ3n) is 5.01. The minimum Gasteiger partial charge on any atom is -0.355 e. The van der Waals surface area contributed by atoms with Crippen LogP contribution in [0.15, 0.2) is 48.8 Å². The summed E-state index contributed by atoms with van der Waals surface area (Å²) in [5.41, 5.74) is 1.74. The molecule has 4 rings (SSSR count). The van der Waals surface area contributed by atoms with Crippen molar-refractivity contribution in [3.63, 3.8) is 0 Å². The van der Waals surface area contributed by atoms with E-state index in [1.54, 1.807) is 12.3 Å². The lowest BCUT2D eigenvalue weighted by Crippen LogP contribution is -2.30. The molecule has 0 spiro atoms. The van der Waals surface area contributed by atoms with E-state index in [9.17, 15) is 13.2 Å². The normalized spacial score (nSPS) is 14.8. The molecule has 0 saturated carbocycles. The van der Waals surface area contributed by atoms with E-state index in [1.807, 2.05) is 6.07 Å². The van der Waals surface area contributed by atoms with E-state index < -0.39 is 11.7 Å². The molecule has 0 N–H and O–H groups in total. The van der Waals surface area contributed by atoms with Gasteiger partial charge in [-0.3, -0.25) is 4.98 Å². The Morgan fingerprint density at radius 1 is 0.897 bits per heavy atom. The fraction of sp³-hybridized carbons (Fsp3) is 0.286. The van der Waals surface area contributed by atoms with E-state index in [0.717, 1.165) is 43.9 Å². The van der Waals surface area contributed by atoms with Crippen LogP contribution in [0.2, 0.25) is 5.02 Å². The van der Waals surface area contributed by atoms with Gasteiger partial charge >= 0.3 is 6.18 Å². The highest BCUT2D eigenvalue weighted by Gasteiger charge is 2.30. The average molecular weight is 419 g/mol. The van der Waals surface area contributed by atoms with Crippen molar-refractivity contribution >= 4 is 17.4 Å². The first kappa shape index (κ1) is 19.6. The van der Waals surface area contributed by atoms with E-state index in [4.69, 9.17) is 11.6 Å². The van der Waals surface area contributed by atoms with Crippen LogP contribution in [0, 0.1) is 0 Å². The first-order valence-corrected chi connectivity index (χ1v) is 9.71. The molecule has 2 aromatic heterocycles. The van der Waals surface area contributed by atoms with Crippen molar-refractivity contribution in [2.75, 3.05) is 18.0 Å². The zero-order valence-electron chi connectivity index (χ0n) is 15.5. The van der Waals surface area contributed by atoms with Crippen LogP contribution in [0.4, 0.5) is 19.0 Å². The van der Waals surface area contributed by atoms with Crippen LogP contribution in [-0.2, 0) is 6.18 Å². The van der Waals surface area contributed by atoms with Crippen LogP contribution in [0.1, 0.15) is 24.8 Å². The van der Waals surface area contributed by atoms with Gasteiger partial charge in [-0.15, -0.1) is 10.2 Å². The van der Waals surface area contributed by atoms with Crippen molar-refractivity contribution in [3.8, 4) is 22.4 Å². The highest BCUT2D eigenvalue weighted by Crippen LogP contribution is 2.37.